The van der Waals surface area contributed by atoms with Crippen LogP contribution in [0.1, 0.15) is 11.3 Å². The van der Waals surface area contributed by atoms with Crippen LogP contribution in [0.4, 0.5) is 0 Å². The molecule has 1 aromatic heterocycles. The lowest BCUT2D eigenvalue weighted by atomic mass is 10.2. The topological polar surface area (TPSA) is 34.1 Å². The van der Waals surface area contributed by atoms with Crippen molar-refractivity contribution in [2.45, 2.75) is 13.2 Å². The fourth-order valence-corrected chi connectivity index (χ4v) is 1.62. The van der Waals surface area contributed by atoms with Gasteiger partial charge < -0.3 is 10.1 Å². The van der Waals surface area contributed by atoms with Crippen molar-refractivity contribution in [2.75, 3.05) is 7.05 Å². The Bertz CT molecular complexity index is 457. The molecule has 0 amide bonds. The summed E-state index contributed by atoms with van der Waals surface area (Å²) in [6.45, 7) is 1.31. The van der Waals surface area contributed by atoms with Gasteiger partial charge in [0.05, 0.1) is 5.69 Å². The molecule has 0 aliphatic rings. The Morgan fingerprint density at radius 1 is 1.12 bits per heavy atom. The molecular formula is C14H16N2O. The number of hydrogen-bond donors (Lipinski definition) is 1. The van der Waals surface area contributed by atoms with Gasteiger partial charge in [-0.3, -0.25) is 4.98 Å². The summed E-state index contributed by atoms with van der Waals surface area (Å²) in [5.41, 5.74) is 2.10. The van der Waals surface area contributed by atoms with E-state index in [1.807, 2.05) is 43.4 Å². The highest BCUT2D eigenvalue weighted by Crippen LogP contribution is 2.18. The first-order chi connectivity index (χ1) is 8.40. The van der Waals surface area contributed by atoms with Gasteiger partial charge in [-0.05, 0) is 25.2 Å². The molecule has 17 heavy (non-hydrogen) atoms. The van der Waals surface area contributed by atoms with Crippen molar-refractivity contribution in [2.24, 2.45) is 0 Å². The van der Waals surface area contributed by atoms with Gasteiger partial charge >= 0.3 is 0 Å². The molecule has 0 fully saturated rings. The van der Waals surface area contributed by atoms with E-state index in [-0.39, 0.29) is 0 Å². The molecule has 88 valence electrons. The molecule has 0 radical (unpaired) electrons. The fourth-order valence-electron chi connectivity index (χ4n) is 1.62. The SMILES string of the molecule is CNCc1ccccc1OCc1ccccn1. The predicted molar refractivity (Wildman–Crippen MR) is 67.8 cm³/mol. The van der Waals surface area contributed by atoms with Gasteiger partial charge in [0.25, 0.3) is 0 Å². The maximum absolute atomic E-state index is 5.77. The maximum atomic E-state index is 5.77. The van der Waals surface area contributed by atoms with E-state index in [9.17, 15) is 0 Å². The second-order valence-corrected chi connectivity index (χ2v) is 3.75. The maximum Gasteiger partial charge on any atom is 0.130 e. The summed E-state index contributed by atoms with van der Waals surface area (Å²) in [6, 6.07) is 13.9. The van der Waals surface area contributed by atoms with Crippen LogP contribution >= 0.6 is 0 Å². The van der Waals surface area contributed by atoms with Gasteiger partial charge in [0, 0.05) is 18.3 Å². The molecular weight excluding hydrogens is 212 g/mol. The molecule has 1 N–H and O–H groups in total. The summed E-state index contributed by atoms with van der Waals surface area (Å²) in [4.78, 5) is 4.23. The molecule has 2 aromatic rings. The van der Waals surface area contributed by atoms with E-state index in [1.165, 1.54) is 0 Å². The minimum absolute atomic E-state index is 0.502. The molecule has 0 atom stereocenters. The van der Waals surface area contributed by atoms with Crippen LogP contribution in [0.15, 0.2) is 48.7 Å². The number of nitrogens with one attached hydrogen (secondary N) is 1. The van der Waals surface area contributed by atoms with Crippen LogP contribution < -0.4 is 10.1 Å². The minimum Gasteiger partial charge on any atom is -0.487 e. The lowest BCUT2D eigenvalue weighted by Crippen LogP contribution is -2.07. The fraction of sp³-hybridized carbons (Fsp3) is 0.214. The van der Waals surface area contributed by atoms with E-state index >= 15 is 0 Å². The number of hydrogen-bond acceptors (Lipinski definition) is 3. The Morgan fingerprint density at radius 2 is 1.94 bits per heavy atom. The largest absolute Gasteiger partial charge is 0.487 e. The van der Waals surface area contributed by atoms with E-state index in [0.717, 1.165) is 23.6 Å². The summed E-state index contributed by atoms with van der Waals surface area (Å²) < 4.78 is 5.77. The number of nitrogens with zero attached hydrogens (tertiary/aromatic N) is 1. The van der Waals surface area contributed by atoms with E-state index < -0.39 is 0 Å². The van der Waals surface area contributed by atoms with Crippen LogP contribution in [-0.4, -0.2) is 12.0 Å². The lowest BCUT2D eigenvalue weighted by Gasteiger charge is -2.10. The second kappa shape index (κ2) is 6.01. The van der Waals surface area contributed by atoms with E-state index in [1.54, 1.807) is 6.20 Å². The second-order valence-electron chi connectivity index (χ2n) is 3.75. The first-order valence-electron chi connectivity index (χ1n) is 5.65. The predicted octanol–water partition coefficient (Wildman–Crippen LogP) is 2.38. The minimum atomic E-state index is 0.502. The molecule has 1 aromatic carbocycles. The van der Waals surface area contributed by atoms with Gasteiger partial charge in [0.15, 0.2) is 0 Å². The third-order valence-electron chi connectivity index (χ3n) is 2.44. The molecule has 2 rings (SSSR count). The summed E-state index contributed by atoms with van der Waals surface area (Å²) in [6.07, 6.45) is 1.78. The number of rotatable bonds is 5. The number of aromatic nitrogens is 1. The highest BCUT2D eigenvalue weighted by atomic mass is 16.5. The van der Waals surface area contributed by atoms with Gasteiger partial charge in [0.1, 0.15) is 12.4 Å². The van der Waals surface area contributed by atoms with Crippen molar-refractivity contribution in [1.29, 1.82) is 0 Å². The quantitative estimate of drug-likeness (QED) is 0.853. The molecule has 1 heterocycles. The Morgan fingerprint density at radius 3 is 2.71 bits per heavy atom. The number of ether oxygens (including phenoxy) is 1. The summed E-state index contributed by atoms with van der Waals surface area (Å²) >= 11 is 0. The number of pyridine rings is 1. The number of para-hydroxylation sites is 1. The summed E-state index contributed by atoms with van der Waals surface area (Å²) in [5.74, 6) is 0.910. The monoisotopic (exact) mass is 228 g/mol. The molecule has 0 bridgehead atoms. The van der Waals surface area contributed by atoms with E-state index in [0.29, 0.717) is 6.61 Å². The highest BCUT2D eigenvalue weighted by Gasteiger charge is 2.02. The van der Waals surface area contributed by atoms with Gasteiger partial charge in [-0.1, -0.05) is 24.3 Å². The molecule has 3 heteroatoms. The molecule has 0 spiro atoms. The van der Waals surface area contributed by atoms with Crippen molar-refractivity contribution < 1.29 is 4.74 Å². The van der Waals surface area contributed by atoms with Crippen LogP contribution in [0.3, 0.4) is 0 Å². The van der Waals surface area contributed by atoms with Crippen LogP contribution in [-0.2, 0) is 13.2 Å². The van der Waals surface area contributed by atoms with E-state index in [2.05, 4.69) is 16.4 Å². The molecule has 0 unspecified atom stereocenters. The smallest absolute Gasteiger partial charge is 0.130 e. The van der Waals surface area contributed by atoms with Gasteiger partial charge in [-0.2, -0.15) is 0 Å². The molecule has 0 aliphatic heterocycles. The zero-order chi connectivity index (χ0) is 11.9. The van der Waals surface area contributed by atoms with Crippen LogP contribution in [0.5, 0.6) is 5.75 Å². The first kappa shape index (κ1) is 11.6. The van der Waals surface area contributed by atoms with Crippen molar-refractivity contribution in [3.05, 3.63) is 59.9 Å². The normalized spacial score (nSPS) is 10.2. The lowest BCUT2D eigenvalue weighted by molar-refractivity contribution is 0.297. The van der Waals surface area contributed by atoms with Crippen molar-refractivity contribution >= 4 is 0 Å². The standard InChI is InChI=1S/C14H16N2O/c1-15-10-12-6-2-3-8-14(12)17-11-13-7-4-5-9-16-13/h2-9,15H,10-11H2,1H3. The molecule has 0 saturated carbocycles. The van der Waals surface area contributed by atoms with Crippen molar-refractivity contribution in [3.63, 3.8) is 0 Å². The third-order valence-corrected chi connectivity index (χ3v) is 2.44. The average Bonchev–Trinajstić information content (AvgIpc) is 2.39. The van der Waals surface area contributed by atoms with Gasteiger partial charge in [0.2, 0.25) is 0 Å². The van der Waals surface area contributed by atoms with Gasteiger partial charge in [-0.15, -0.1) is 0 Å². The van der Waals surface area contributed by atoms with Crippen LogP contribution in [0, 0.1) is 0 Å². The van der Waals surface area contributed by atoms with Crippen molar-refractivity contribution in [1.82, 2.24) is 10.3 Å². The average molecular weight is 228 g/mol. The van der Waals surface area contributed by atoms with Crippen LogP contribution in [0.2, 0.25) is 0 Å². The Balaban J connectivity index is 2.03. The Labute approximate surface area is 101 Å². The van der Waals surface area contributed by atoms with Gasteiger partial charge in [-0.25, -0.2) is 0 Å². The summed E-state index contributed by atoms with van der Waals surface area (Å²) in [5, 5.41) is 3.13. The van der Waals surface area contributed by atoms with Crippen LogP contribution in [0.25, 0.3) is 0 Å². The zero-order valence-corrected chi connectivity index (χ0v) is 9.89. The molecule has 0 saturated heterocycles. The first-order valence-corrected chi connectivity index (χ1v) is 5.65. The molecule has 0 aliphatic carbocycles. The zero-order valence-electron chi connectivity index (χ0n) is 9.89. The molecule has 3 nitrogen and oxygen atoms in total. The van der Waals surface area contributed by atoms with Crippen molar-refractivity contribution in [3.8, 4) is 5.75 Å². The Hall–Kier alpha value is -1.87. The summed E-state index contributed by atoms with van der Waals surface area (Å²) in [7, 11) is 1.93. The third kappa shape index (κ3) is 3.29. The highest BCUT2D eigenvalue weighted by molar-refractivity contribution is 5.33. The Kier molecular flexibility index (Phi) is 4.11. The van der Waals surface area contributed by atoms with E-state index in [4.69, 9.17) is 4.74 Å². The number of benzene rings is 1.